The smallest absolute Gasteiger partial charge is 0.342 e. The minimum atomic E-state index is -0.578. The third-order valence-corrected chi connectivity index (χ3v) is 4.92. The molecule has 0 bridgehead atoms. The number of rotatable bonds is 7. The van der Waals surface area contributed by atoms with Crippen molar-refractivity contribution in [2.24, 2.45) is 5.92 Å². The van der Waals surface area contributed by atoms with Crippen LogP contribution in [0, 0.1) is 5.92 Å². The molecule has 7 nitrogen and oxygen atoms in total. The molecule has 2 aromatic rings. The summed E-state index contributed by atoms with van der Waals surface area (Å²) in [5, 5.41) is 3.12. The molecule has 1 aromatic carbocycles. The molecule has 1 aliphatic heterocycles. The Kier molecular flexibility index (Phi) is 7.05. The second kappa shape index (κ2) is 9.91. The SMILES string of the molecule is CCOc1ccc(Nc2ncccc2C(=O)OCC(=O)N2CCC(C)CC2)cc1. The van der Waals surface area contributed by atoms with Crippen LogP contribution < -0.4 is 10.1 Å². The molecule has 1 amide bonds. The van der Waals surface area contributed by atoms with Crippen LogP contribution in [0.5, 0.6) is 5.75 Å². The van der Waals surface area contributed by atoms with Gasteiger partial charge in [-0.1, -0.05) is 6.92 Å². The van der Waals surface area contributed by atoms with Crippen LogP contribution in [0.3, 0.4) is 0 Å². The number of esters is 1. The zero-order chi connectivity index (χ0) is 20.6. The van der Waals surface area contributed by atoms with Gasteiger partial charge in [-0.2, -0.15) is 0 Å². The number of ether oxygens (including phenoxy) is 2. The Morgan fingerprint density at radius 2 is 1.90 bits per heavy atom. The van der Waals surface area contributed by atoms with Gasteiger partial charge in [0.25, 0.3) is 5.91 Å². The summed E-state index contributed by atoms with van der Waals surface area (Å²) < 4.78 is 10.7. The molecular weight excluding hydrogens is 370 g/mol. The van der Waals surface area contributed by atoms with Crippen LogP contribution in [0.1, 0.15) is 37.0 Å². The minimum absolute atomic E-state index is 0.157. The molecule has 0 radical (unpaired) electrons. The predicted molar refractivity (Wildman–Crippen MR) is 110 cm³/mol. The lowest BCUT2D eigenvalue weighted by atomic mass is 9.99. The number of carbonyl (C=O) groups excluding carboxylic acids is 2. The maximum Gasteiger partial charge on any atom is 0.342 e. The van der Waals surface area contributed by atoms with Crippen molar-refractivity contribution in [3.8, 4) is 5.75 Å². The first-order chi connectivity index (χ1) is 14.1. The molecule has 1 N–H and O–H groups in total. The van der Waals surface area contributed by atoms with Gasteiger partial charge in [0.1, 0.15) is 17.1 Å². The van der Waals surface area contributed by atoms with Gasteiger partial charge in [0.05, 0.1) is 6.61 Å². The van der Waals surface area contributed by atoms with Crippen molar-refractivity contribution in [3.63, 3.8) is 0 Å². The van der Waals surface area contributed by atoms with Gasteiger partial charge in [-0.05, 0) is 62.1 Å². The average Bonchev–Trinajstić information content (AvgIpc) is 2.74. The maximum atomic E-state index is 12.5. The summed E-state index contributed by atoms with van der Waals surface area (Å²) in [6.07, 6.45) is 3.56. The first-order valence-corrected chi connectivity index (χ1v) is 9.96. The minimum Gasteiger partial charge on any atom is -0.494 e. The molecular formula is C22H27N3O4. The van der Waals surface area contributed by atoms with Gasteiger partial charge in [-0.25, -0.2) is 9.78 Å². The molecule has 0 spiro atoms. The van der Waals surface area contributed by atoms with Crippen molar-refractivity contribution in [2.75, 3.05) is 31.6 Å². The summed E-state index contributed by atoms with van der Waals surface area (Å²) in [5.74, 6) is 1.04. The Bertz CT molecular complexity index is 830. The zero-order valence-corrected chi connectivity index (χ0v) is 16.9. The highest BCUT2D eigenvalue weighted by Crippen LogP contribution is 2.22. The van der Waals surface area contributed by atoms with Crippen molar-refractivity contribution in [2.45, 2.75) is 26.7 Å². The highest BCUT2D eigenvalue weighted by atomic mass is 16.5. The zero-order valence-electron chi connectivity index (χ0n) is 16.9. The largest absolute Gasteiger partial charge is 0.494 e. The number of hydrogen-bond acceptors (Lipinski definition) is 6. The first-order valence-electron chi connectivity index (χ1n) is 9.96. The molecule has 1 saturated heterocycles. The molecule has 1 fully saturated rings. The Morgan fingerprint density at radius 3 is 2.59 bits per heavy atom. The summed E-state index contributed by atoms with van der Waals surface area (Å²) in [5.41, 5.74) is 1.04. The first kappa shape index (κ1) is 20.6. The molecule has 0 atom stereocenters. The number of nitrogens with zero attached hydrogens (tertiary/aromatic N) is 2. The van der Waals surface area contributed by atoms with E-state index in [2.05, 4.69) is 17.2 Å². The Labute approximate surface area is 171 Å². The van der Waals surface area contributed by atoms with Gasteiger partial charge in [0.15, 0.2) is 6.61 Å². The quantitative estimate of drug-likeness (QED) is 0.719. The predicted octanol–water partition coefficient (Wildman–Crippen LogP) is 3.64. The van der Waals surface area contributed by atoms with Crippen LogP contribution in [-0.2, 0) is 9.53 Å². The van der Waals surface area contributed by atoms with Crippen LogP contribution in [-0.4, -0.2) is 48.1 Å². The number of carbonyl (C=O) groups is 2. The lowest BCUT2D eigenvalue weighted by Gasteiger charge is -2.30. The average molecular weight is 397 g/mol. The van der Waals surface area contributed by atoms with Crippen molar-refractivity contribution in [1.29, 1.82) is 0 Å². The van der Waals surface area contributed by atoms with Crippen LogP contribution >= 0.6 is 0 Å². The number of pyridine rings is 1. The number of likely N-dealkylation sites (tertiary alicyclic amines) is 1. The number of amides is 1. The lowest BCUT2D eigenvalue weighted by Crippen LogP contribution is -2.40. The third kappa shape index (κ3) is 5.70. The van der Waals surface area contributed by atoms with E-state index in [9.17, 15) is 9.59 Å². The fourth-order valence-electron chi connectivity index (χ4n) is 3.16. The molecule has 3 rings (SSSR count). The van der Waals surface area contributed by atoms with E-state index in [4.69, 9.17) is 9.47 Å². The molecule has 2 heterocycles. The van der Waals surface area contributed by atoms with E-state index in [0.29, 0.717) is 18.3 Å². The number of anilines is 2. The fraction of sp³-hybridized carbons (Fsp3) is 0.409. The summed E-state index contributed by atoms with van der Waals surface area (Å²) in [7, 11) is 0. The number of benzene rings is 1. The molecule has 0 aliphatic carbocycles. The van der Waals surface area contributed by atoms with E-state index >= 15 is 0 Å². The number of hydrogen-bond donors (Lipinski definition) is 1. The molecule has 7 heteroatoms. The van der Waals surface area contributed by atoms with Gasteiger partial charge >= 0.3 is 5.97 Å². The highest BCUT2D eigenvalue weighted by Gasteiger charge is 2.22. The molecule has 29 heavy (non-hydrogen) atoms. The van der Waals surface area contributed by atoms with Crippen molar-refractivity contribution < 1.29 is 19.1 Å². The van der Waals surface area contributed by atoms with Gasteiger partial charge < -0.3 is 19.7 Å². The second-order valence-electron chi connectivity index (χ2n) is 7.12. The third-order valence-electron chi connectivity index (χ3n) is 4.92. The Morgan fingerprint density at radius 1 is 1.17 bits per heavy atom. The molecule has 154 valence electrons. The number of piperidine rings is 1. The van der Waals surface area contributed by atoms with E-state index < -0.39 is 5.97 Å². The van der Waals surface area contributed by atoms with Crippen molar-refractivity contribution in [3.05, 3.63) is 48.2 Å². The standard InChI is InChI=1S/C22H27N3O4/c1-3-28-18-8-6-17(7-9-18)24-21-19(5-4-12-23-21)22(27)29-15-20(26)25-13-10-16(2)11-14-25/h4-9,12,16H,3,10-11,13-15H2,1-2H3,(H,23,24). The van der Waals surface area contributed by atoms with Gasteiger partial charge in [-0.3, -0.25) is 4.79 Å². The molecule has 0 saturated carbocycles. The topological polar surface area (TPSA) is 80.8 Å². The maximum absolute atomic E-state index is 12.5. The van der Waals surface area contributed by atoms with E-state index in [-0.39, 0.29) is 18.1 Å². The Hall–Kier alpha value is -3.09. The van der Waals surface area contributed by atoms with Crippen molar-refractivity contribution >= 4 is 23.4 Å². The van der Waals surface area contributed by atoms with E-state index in [0.717, 1.165) is 37.4 Å². The van der Waals surface area contributed by atoms with E-state index in [1.165, 1.54) is 0 Å². The van der Waals surface area contributed by atoms with Crippen LogP contribution in [0.4, 0.5) is 11.5 Å². The van der Waals surface area contributed by atoms with Gasteiger partial charge in [0.2, 0.25) is 0 Å². The molecule has 1 aromatic heterocycles. The van der Waals surface area contributed by atoms with Gasteiger partial charge in [-0.15, -0.1) is 0 Å². The summed E-state index contributed by atoms with van der Waals surface area (Å²) >= 11 is 0. The molecule has 1 aliphatic rings. The molecule has 0 unspecified atom stereocenters. The van der Waals surface area contributed by atoms with Crippen LogP contribution in [0.2, 0.25) is 0 Å². The van der Waals surface area contributed by atoms with E-state index in [1.54, 1.807) is 23.2 Å². The highest BCUT2D eigenvalue weighted by molar-refractivity contribution is 5.96. The van der Waals surface area contributed by atoms with Gasteiger partial charge in [0, 0.05) is 25.0 Å². The second-order valence-corrected chi connectivity index (χ2v) is 7.12. The lowest BCUT2D eigenvalue weighted by molar-refractivity contribution is -0.135. The van der Waals surface area contributed by atoms with E-state index in [1.807, 2.05) is 31.2 Å². The number of aromatic nitrogens is 1. The number of nitrogens with one attached hydrogen (secondary N) is 1. The summed E-state index contributed by atoms with van der Waals surface area (Å²) in [4.78, 5) is 30.8. The monoisotopic (exact) mass is 397 g/mol. The van der Waals surface area contributed by atoms with Crippen molar-refractivity contribution in [1.82, 2.24) is 9.88 Å². The normalized spacial score (nSPS) is 14.3. The summed E-state index contributed by atoms with van der Waals surface area (Å²) in [6.45, 7) is 5.88. The summed E-state index contributed by atoms with van der Waals surface area (Å²) in [6, 6.07) is 10.6. The Balaban J connectivity index is 1.60. The van der Waals surface area contributed by atoms with Crippen LogP contribution in [0.25, 0.3) is 0 Å². The van der Waals surface area contributed by atoms with Crippen LogP contribution in [0.15, 0.2) is 42.6 Å². The fourth-order valence-corrected chi connectivity index (χ4v) is 3.16.